The van der Waals surface area contributed by atoms with Crippen molar-refractivity contribution in [3.05, 3.63) is 48.4 Å². The van der Waals surface area contributed by atoms with Crippen molar-refractivity contribution in [1.82, 2.24) is 4.90 Å². The van der Waals surface area contributed by atoms with Gasteiger partial charge in [0.25, 0.3) is 0 Å². The van der Waals surface area contributed by atoms with Crippen molar-refractivity contribution in [2.24, 2.45) is 0 Å². The number of nitrogens with zero attached hydrogens (tertiary/aromatic N) is 1. The summed E-state index contributed by atoms with van der Waals surface area (Å²) >= 11 is 0. The van der Waals surface area contributed by atoms with Crippen molar-refractivity contribution in [3.63, 3.8) is 0 Å². The summed E-state index contributed by atoms with van der Waals surface area (Å²) in [4.78, 5) is 2.24. The van der Waals surface area contributed by atoms with E-state index in [1.165, 1.54) is 5.57 Å². The molecule has 1 heteroatoms. The molecule has 2 heterocycles. The summed E-state index contributed by atoms with van der Waals surface area (Å²) in [6.07, 6.45) is 16.2. The Kier molecular flexibility index (Phi) is 1.86. The van der Waals surface area contributed by atoms with Crippen molar-refractivity contribution in [2.45, 2.75) is 19.4 Å². The Labute approximate surface area is 73.4 Å². The monoisotopic (exact) mass is 159 g/mol. The van der Waals surface area contributed by atoms with Crippen LogP contribution >= 0.6 is 0 Å². The molecule has 0 fully saturated rings. The summed E-state index contributed by atoms with van der Waals surface area (Å²) in [5.41, 5.74) is 1.35. The van der Waals surface area contributed by atoms with E-state index in [9.17, 15) is 0 Å². The maximum atomic E-state index is 2.28. The second kappa shape index (κ2) is 3.02. The van der Waals surface area contributed by atoms with Crippen LogP contribution in [0.1, 0.15) is 13.3 Å². The predicted octanol–water partition coefficient (Wildman–Crippen LogP) is 2.60. The summed E-state index contributed by atoms with van der Waals surface area (Å²) in [5.74, 6) is 0. The summed E-state index contributed by atoms with van der Waals surface area (Å²) in [7, 11) is 0. The molecule has 0 aromatic carbocycles. The van der Waals surface area contributed by atoms with Crippen LogP contribution in [0.3, 0.4) is 0 Å². The van der Waals surface area contributed by atoms with Gasteiger partial charge in [-0.05, 0) is 25.5 Å². The van der Waals surface area contributed by atoms with E-state index in [2.05, 4.69) is 54.6 Å². The Morgan fingerprint density at radius 3 is 3.17 bits per heavy atom. The van der Waals surface area contributed by atoms with Crippen molar-refractivity contribution in [1.29, 1.82) is 0 Å². The molecule has 0 aromatic heterocycles. The topological polar surface area (TPSA) is 3.24 Å². The zero-order valence-electron chi connectivity index (χ0n) is 7.27. The number of allylic oxidation sites excluding steroid dienone is 4. The Morgan fingerprint density at radius 2 is 2.25 bits per heavy atom. The number of hydrogen-bond donors (Lipinski definition) is 0. The van der Waals surface area contributed by atoms with Crippen LogP contribution in [0.4, 0.5) is 0 Å². The van der Waals surface area contributed by atoms with Crippen LogP contribution in [0.25, 0.3) is 0 Å². The van der Waals surface area contributed by atoms with Gasteiger partial charge in [0.2, 0.25) is 0 Å². The van der Waals surface area contributed by atoms with Gasteiger partial charge in [0, 0.05) is 12.4 Å². The van der Waals surface area contributed by atoms with E-state index >= 15 is 0 Å². The van der Waals surface area contributed by atoms with Gasteiger partial charge in [-0.15, -0.1) is 0 Å². The van der Waals surface area contributed by atoms with Gasteiger partial charge in [-0.25, -0.2) is 0 Å². The zero-order valence-corrected chi connectivity index (χ0v) is 7.27. The molecule has 1 atom stereocenters. The highest BCUT2D eigenvalue weighted by molar-refractivity contribution is 5.25. The minimum absolute atomic E-state index is 0.531. The first-order chi connectivity index (χ1) is 5.86. The highest BCUT2D eigenvalue weighted by atomic mass is 15.1. The molecule has 2 aliphatic rings. The van der Waals surface area contributed by atoms with E-state index < -0.39 is 0 Å². The lowest BCUT2D eigenvalue weighted by molar-refractivity contribution is 0.426. The third-order valence-electron chi connectivity index (χ3n) is 2.28. The number of fused-ring (bicyclic) bond motifs is 1. The first-order valence-electron chi connectivity index (χ1n) is 4.34. The van der Waals surface area contributed by atoms with E-state index in [4.69, 9.17) is 0 Å². The molecule has 0 aliphatic carbocycles. The van der Waals surface area contributed by atoms with Crippen molar-refractivity contribution < 1.29 is 0 Å². The van der Waals surface area contributed by atoms with Crippen LogP contribution in [-0.4, -0.2) is 10.9 Å². The van der Waals surface area contributed by atoms with E-state index in [0.29, 0.717) is 6.04 Å². The van der Waals surface area contributed by atoms with Crippen LogP contribution in [0.5, 0.6) is 0 Å². The summed E-state index contributed by atoms with van der Waals surface area (Å²) in [6, 6.07) is 0.531. The molecule has 0 radical (unpaired) electrons. The smallest absolute Gasteiger partial charge is 0.0548 e. The fourth-order valence-corrected chi connectivity index (χ4v) is 1.49. The second-order valence-electron chi connectivity index (χ2n) is 3.24. The molecule has 0 spiro atoms. The van der Waals surface area contributed by atoms with Gasteiger partial charge in [-0.3, -0.25) is 0 Å². The lowest BCUT2D eigenvalue weighted by Crippen LogP contribution is -2.24. The Bertz CT molecular complexity index is 281. The molecule has 2 aliphatic heterocycles. The molecule has 1 unspecified atom stereocenters. The quantitative estimate of drug-likeness (QED) is 0.525. The van der Waals surface area contributed by atoms with Gasteiger partial charge in [0.1, 0.15) is 0 Å². The van der Waals surface area contributed by atoms with Crippen molar-refractivity contribution in [2.75, 3.05) is 0 Å². The predicted molar refractivity (Wildman–Crippen MR) is 51.4 cm³/mol. The standard InChI is InChI=1S/C11H13N/c1-10-5-6-11-4-2-3-8-12(11)9-7-10/h2-5,7-9,11H,6H2,1H3. The largest absolute Gasteiger partial charge is 0.347 e. The van der Waals surface area contributed by atoms with E-state index in [-0.39, 0.29) is 0 Å². The first kappa shape index (κ1) is 7.41. The molecule has 0 saturated carbocycles. The van der Waals surface area contributed by atoms with Gasteiger partial charge >= 0.3 is 0 Å². The van der Waals surface area contributed by atoms with Crippen LogP contribution in [0.15, 0.2) is 48.4 Å². The molecule has 12 heavy (non-hydrogen) atoms. The minimum Gasteiger partial charge on any atom is -0.347 e. The Balaban J connectivity index is 2.24. The van der Waals surface area contributed by atoms with Crippen LogP contribution < -0.4 is 0 Å². The molecule has 0 amide bonds. The number of hydrogen-bond acceptors (Lipinski definition) is 1. The van der Waals surface area contributed by atoms with Crippen LogP contribution in [0.2, 0.25) is 0 Å². The highest BCUT2D eigenvalue weighted by Gasteiger charge is 2.12. The molecule has 0 saturated heterocycles. The molecular formula is C11H13N. The molecule has 0 aromatic rings. The Morgan fingerprint density at radius 1 is 1.33 bits per heavy atom. The van der Waals surface area contributed by atoms with E-state index in [0.717, 1.165) is 6.42 Å². The third kappa shape index (κ3) is 1.35. The highest BCUT2D eigenvalue weighted by Crippen LogP contribution is 2.17. The summed E-state index contributed by atoms with van der Waals surface area (Å²) in [6.45, 7) is 2.14. The molecule has 0 bridgehead atoms. The van der Waals surface area contributed by atoms with E-state index in [1.54, 1.807) is 0 Å². The number of rotatable bonds is 0. The first-order valence-corrected chi connectivity index (χ1v) is 4.34. The lowest BCUT2D eigenvalue weighted by Gasteiger charge is -2.24. The Hall–Kier alpha value is -1.24. The fourth-order valence-electron chi connectivity index (χ4n) is 1.49. The molecule has 1 nitrogen and oxygen atoms in total. The van der Waals surface area contributed by atoms with Crippen LogP contribution in [-0.2, 0) is 0 Å². The van der Waals surface area contributed by atoms with Gasteiger partial charge in [-0.2, -0.15) is 0 Å². The fraction of sp³-hybridized carbons (Fsp3) is 0.273. The molecular weight excluding hydrogens is 146 g/mol. The van der Waals surface area contributed by atoms with Gasteiger partial charge in [0.05, 0.1) is 6.04 Å². The maximum absolute atomic E-state index is 2.28. The van der Waals surface area contributed by atoms with Gasteiger partial charge in [0.15, 0.2) is 0 Å². The van der Waals surface area contributed by atoms with Crippen molar-refractivity contribution >= 4 is 0 Å². The molecule has 0 N–H and O–H groups in total. The maximum Gasteiger partial charge on any atom is 0.0548 e. The van der Waals surface area contributed by atoms with Crippen molar-refractivity contribution in [3.8, 4) is 0 Å². The lowest BCUT2D eigenvalue weighted by atomic mass is 10.1. The van der Waals surface area contributed by atoms with Gasteiger partial charge < -0.3 is 4.90 Å². The summed E-state index contributed by atoms with van der Waals surface area (Å²) < 4.78 is 0. The molecule has 62 valence electrons. The molecule has 2 rings (SSSR count). The third-order valence-corrected chi connectivity index (χ3v) is 2.28. The van der Waals surface area contributed by atoms with Crippen LogP contribution in [0, 0.1) is 0 Å². The zero-order chi connectivity index (χ0) is 8.39. The normalized spacial score (nSPS) is 26.6. The average Bonchev–Trinajstić information content (AvgIpc) is 2.29. The SMILES string of the molecule is CC1=CCC2C=CC=CN2C=C1. The summed E-state index contributed by atoms with van der Waals surface area (Å²) in [5, 5.41) is 0. The second-order valence-corrected chi connectivity index (χ2v) is 3.24. The minimum atomic E-state index is 0.531. The van der Waals surface area contributed by atoms with E-state index in [1.807, 2.05) is 0 Å². The van der Waals surface area contributed by atoms with Gasteiger partial charge in [-0.1, -0.05) is 23.8 Å². The average molecular weight is 159 g/mol.